The molecule has 0 saturated heterocycles. The molecule has 0 fully saturated rings. The molecular formula is C21H30N4O12S. The van der Waals surface area contributed by atoms with E-state index >= 15 is 0 Å². The zero-order valence-electron chi connectivity index (χ0n) is 20.3. The zero-order valence-corrected chi connectivity index (χ0v) is 21.1. The lowest BCUT2D eigenvalue weighted by molar-refractivity contribution is -0.147. The predicted octanol–water partition coefficient (Wildman–Crippen LogP) is -2.38. The minimum absolute atomic E-state index is 0.0211. The molecule has 6 N–H and O–H groups in total. The molecule has 0 amide bonds. The number of hydrogen-bond acceptors (Lipinski definition) is 11. The molecule has 0 spiro atoms. The molecule has 16 nitrogen and oxygen atoms in total. The molecule has 0 aromatic heterocycles. The average molecular weight is 563 g/mol. The first-order chi connectivity index (χ1) is 17.6. The number of rotatable bonds is 19. The molecule has 0 aliphatic carbocycles. The van der Waals surface area contributed by atoms with Crippen LogP contribution in [0.1, 0.15) is 5.56 Å². The van der Waals surface area contributed by atoms with Crippen LogP contribution in [-0.4, -0.2) is 132 Å². The number of nitrogens with two attached hydrogens (primary N) is 1. The van der Waals surface area contributed by atoms with Crippen molar-refractivity contribution in [2.75, 3.05) is 58.9 Å². The highest BCUT2D eigenvalue weighted by Crippen LogP contribution is 2.10. The van der Waals surface area contributed by atoms with Crippen LogP contribution in [0.2, 0.25) is 0 Å². The van der Waals surface area contributed by atoms with Crippen molar-refractivity contribution in [1.82, 2.24) is 14.7 Å². The Labute approximate surface area is 217 Å². The van der Waals surface area contributed by atoms with Crippen LogP contribution in [0.5, 0.6) is 0 Å². The molecule has 17 heteroatoms. The maximum atomic E-state index is 12.5. The molecule has 0 saturated carbocycles. The number of carboxylic acids is 4. The SMILES string of the molecule is NS(=O)(=O)c1ccc(COC(=O)CN(CCN(CC(=O)O)CC(=O)O)CCN(CC(=O)O)CC(=O)O)cc1. The summed E-state index contributed by atoms with van der Waals surface area (Å²) in [5.41, 5.74) is 0.459. The van der Waals surface area contributed by atoms with E-state index in [0.717, 1.165) is 9.80 Å². The van der Waals surface area contributed by atoms with Crippen LogP contribution in [0.3, 0.4) is 0 Å². The lowest BCUT2D eigenvalue weighted by Gasteiger charge is -2.27. The Morgan fingerprint density at radius 1 is 0.658 bits per heavy atom. The van der Waals surface area contributed by atoms with Gasteiger partial charge in [-0.25, -0.2) is 13.6 Å². The van der Waals surface area contributed by atoms with E-state index < -0.39 is 66.0 Å². The van der Waals surface area contributed by atoms with Gasteiger partial charge >= 0.3 is 29.8 Å². The van der Waals surface area contributed by atoms with Gasteiger partial charge in [-0.3, -0.25) is 38.7 Å². The standard InChI is InChI=1S/C21H30N4O12S/c22-38(35,36)16-3-1-15(2-4-16)14-37-21(34)13-23(5-7-24(9-17(26)27)10-18(28)29)6-8-25(11-19(30)31)12-20(32)33/h1-4H,5-14H2,(H,26,27)(H,28,29)(H,30,31)(H,32,33)(H2,22,35,36). The highest BCUT2D eigenvalue weighted by molar-refractivity contribution is 7.89. The molecule has 0 aliphatic rings. The lowest BCUT2D eigenvalue weighted by Crippen LogP contribution is -2.45. The van der Waals surface area contributed by atoms with Gasteiger partial charge in [0.2, 0.25) is 10.0 Å². The van der Waals surface area contributed by atoms with Crippen LogP contribution in [0, 0.1) is 0 Å². The molecule has 0 unspecified atom stereocenters. The number of carbonyl (C=O) groups is 5. The van der Waals surface area contributed by atoms with Crippen LogP contribution >= 0.6 is 0 Å². The summed E-state index contributed by atoms with van der Waals surface area (Å²) in [5, 5.41) is 41.1. The molecule has 1 rings (SSSR count). The normalized spacial score (nSPS) is 11.6. The first-order valence-electron chi connectivity index (χ1n) is 11.0. The fourth-order valence-electron chi connectivity index (χ4n) is 3.20. The van der Waals surface area contributed by atoms with Crippen LogP contribution in [0.15, 0.2) is 29.2 Å². The van der Waals surface area contributed by atoms with Crippen LogP contribution in [-0.2, 0) is 45.3 Å². The number of nitrogens with zero attached hydrogens (tertiary/aromatic N) is 3. The summed E-state index contributed by atoms with van der Waals surface area (Å²) < 4.78 is 27.9. The molecule has 0 aliphatic heterocycles. The number of esters is 1. The number of ether oxygens (including phenoxy) is 1. The Balaban J connectivity index is 2.88. The van der Waals surface area contributed by atoms with E-state index in [0.29, 0.717) is 5.56 Å². The molecule has 0 radical (unpaired) electrons. The summed E-state index contributed by atoms with van der Waals surface area (Å²) in [5.74, 6) is -5.80. The monoisotopic (exact) mass is 562 g/mol. The minimum atomic E-state index is -3.89. The quantitative estimate of drug-likeness (QED) is 0.110. The van der Waals surface area contributed by atoms with Gasteiger partial charge in [0.25, 0.3) is 0 Å². The van der Waals surface area contributed by atoms with E-state index in [1.807, 2.05) is 0 Å². The fraction of sp³-hybridized carbons (Fsp3) is 0.476. The van der Waals surface area contributed by atoms with Gasteiger partial charge in [0, 0.05) is 26.2 Å². The maximum absolute atomic E-state index is 12.5. The van der Waals surface area contributed by atoms with Crippen molar-refractivity contribution in [1.29, 1.82) is 0 Å². The van der Waals surface area contributed by atoms with Crippen molar-refractivity contribution in [3.8, 4) is 0 Å². The predicted molar refractivity (Wildman–Crippen MR) is 127 cm³/mol. The summed E-state index contributed by atoms with van der Waals surface area (Å²) in [6.45, 7) is -3.11. The number of sulfonamides is 1. The van der Waals surface area contributed by atoms with Gasteiger partial charge in [0.05, 0.1) is 37.6 Å². The van der Waals surface area contributed by atoms with Crippen molar-refractivity contribution in [3.63, 3.8) is 0 Å². The van der Waals surface area contributed by atoms with E-state index in [2.05, 4.69) is 0 Å². The Morgan fingerprint density at radius 2 is 1.03 bits per heavy atom. The number of hydrogen-bond donors (Lipinski definition) is 5. The molecule has 0 atom stereocenters. The highest BCUT2D eigenvalue weighted by Gasteiger charge is 2.20. The van der Waals surface area contributed by atoms with Crippen molar-refractivity contribution < 1.29 is 57.6 Å². The van der Waals surface area contributed by atoms with Crippen molar-refractivity contribution >= 4 is 39.9 Å². The molecule has 1 aromatic rings. The van der Waals surface area contributed by atoms with Gasteiger partial charge in [0.1, 0.15) is 6.61 Å². The first kappa shape index (κ1) is 32.4. The number of carboxylic acid groups (broad SMARTS) is 4. The summed E-state index contributed by atoms with van der Waals surface area (Å²) in [6.07, 6.45) is 0. The smallest absolute Gasteiger partial charge is 0.320 e. The number of carbonyl (C=O) groups excluding carboxylic acids is 1. The van der Waals surface area contributed by atoms with E-state index in [4.69, 9.17) is 30.3 Å². The van der Waals surface area contributed by atoms with Crippen molar-refractivity contribution in [2.45, 2.75) is 11.5 Å². The molecule has 38 heavy (non-hydrogen) atoms. The molecule has 1 aromatic carbocycles. The summed E-state index contributed by atoms with van der Waals surface area (Å²) in [4.78, 5) is 60.2. The van der Waals surface area contributed by atoms with Crippen molar-refractivity contribution in [2.24, 2.45) is 5.14 Å². The summed E-state index contributed by atoms with van der Waals surface area (Å²) in [6, 6.07) is 5.28. The van der Waals surface area contributed by atoms with Gasteiger partial charge in [-0.15, -0.1) is 0 Å². The largest absolute Gasteiger partial charge is 0.480 e. The Hall–Kier alpha value is -3.64. The Morgan fingerprint density at radius 3 is 1.37 bits per heavy atom. The topological polar surface area (TPSA) is 245 Å². The maximum Gasteiger partial charge on any atom is 0.320 e. The number of primary sulfonamides is 1. The highest BCUT2D eigenvalue weighted by atomic mass is 32.2. The third-order valence-electron chi connectivity index (χ3n) is 4.90. The second-order valence-electron chi connectivity index (χ2n) is 8.12. The van der Waals surface area contributed by atoms with Gasteiger partial charge in [-0.2, -0.15) is 0 Å². The van der Waals surface area contributed by atoms with Crippen molar-refractivity contribution in [3.05, 3.63) is 29.8 Å². The Kier molecular flexibility index (Phi) is 13.3. The van der Waals surface area contributed by atoms with Gasteiger partial charge < -0.3 is 25.2 Å². The Bertz CT molecular complexity index is 1020. The van der Waals surface area contributed by atoms with Gasteiger partial charge in [-0.1, -0.05) is 12.1 Å². The van der Waals surface area contributed by atoms with E-state index in [1.54, 1.807) is 0 Å². The van der Waals surface area contributed by atoms with E-state index in [-0.39, 0.29) is 44.2 Å². The fourth-order valence-corrected chi connectivity index (χ4v) is 3.71. The second-order valence-corrected chi connectivity index (χ2v) is 9.68. The van der Waals surface area contributed by atoms with Gasteiger partial charge in [0.15, 0.2) is 0 Å². The summed E-state index contributed by atoms with van der Waals surface area (Å²) in [7, 11) is -3.89. The van der Waals surface area contributed by atoms with Crippen LogP contribution in [0.25, 0.3) is 0 Å². The lowest BCUT2D eigenvalue weighted by atomic mass is 10.2. The van der Waals surface area contributed by atoms with Crippen LogP contribution in [0.4, 0.5) is 0 Å². The molecular weight excluding hydrogens is 532 g/mol. The van der Waals surface area contributed by atoms with Gasteiger partial charge in [-0.05, 0) is 17.7 Å². The minimum Gasteiger partial charge on any atom is -0.480 e. The second kappa shape index (κ2) is 15.6. The number of benzene rings is 1. The zero-order chi connectivity index (χ0) is 28.9. The number of aliphatic carboxylic acids is 4. The average Bonchev–Trinajstić information content (AvgIpc) is 2.77. The third kappa shape index (κ3) is 14.2. The first-order valence-corrected chi connectivity index (χ1v) is 12.5. The van der Waals surface area contributed by atoms with Crippen LogP contribution < -0.4 is 5.14 Å². The third-order valence-corrected chi connectivity index (χ3v) is 5.83. The van der Waals surface area contributed by atoms with E-state index in [9.17, 15) is 32.4 Å². The molecule has 0 heterocycles. The van der Waals surface area contributed by atoms with E-state index in [1.165, 1.54) is 29.2 Å². The summed E-state index contributed by atoms with van der Waals surface area (Å²) >= 11 is 0. The molecule has 0 bridgehead atoms. The molecule has 212 valence electrons.